The molecule has 158 valence electrons. The molecule has 30 heavy (non-hydrogen) atoms. The zero-order valence-electron chi connectivity index (χ0n) is 16.9. The van der Waals surface area contributed by atoms with Crippen LogP contribution in [0.1, 0.15) is 38.7 Å². The molecule has 1 saturated carbocycles. The fourth-order valence-corrected chi connectivity index (χ4v) is 4.15. The predicted molar refractivity (Wildman–Crippen MR) is 112 cm³/mol. The number of nitrogens with zero attached hydrogens (tertiary/aromatic N) is 2. The maximum atomic E-state index is 10.0. The van der Waals surface area contributed by atoms with Crippen LogP contribution in [-0.4, -0.2) is 28.1 Å². The number of ether oxygens (including phenoxy) is 2. The number of rotatable bonds is 3. The van der Waals surface area contributed by atoms with E-state index in [1.165, 1.54) is 6.42 Å². The van der Waals surface area contributed by atoms with Crippen molar-refractivity contribution in [1.29, 1.82) is 0 Å². The fourth-order valence-electron chi connectivity index (χ4n) is 4.15. The van der Waals surface area contributed by atoms with Gasteiger partial charge in [-0.3, -0.25) is 4.99 Å². The van der Waals surface area contributed by atoms with Crippen molar-refractivity contribution in [3.63, 3.8) is 0 Å². The first kappa shape index (κ1) is 20.9. The van der Waals surface area contributed by atoms with Gasteiger partial charge in [0.05, 0.1) is 6.04 Å². The van der Waals surface area contributed by atoms with E-state index in [4.69, 9.17) is 14.5 Å². The molecule has 5 rings (SSSR count). The first-order chi connectivity index (χ1) is 14.0. The van der Waals surface area contributed by atoms with Gasteiger partial charge in [0.2, 0.25) is 5.88 Å². The van der Waals surface area contributed by atoms with Crippen molar-refractivity contribution >= 4 is 16.8 Å². The number of phenols is 1. The summed E-state index contributed by atoms with van der Waals surface area (Å²) in [7, 11) is 0. The van der Waals surface area contributed by atoms with Crippen molar-refractivity contribution in [2.75, 3.05) is 0 Å². The van der Waals surface area contributed by atoms with Gasteiger partial charge >= 0.3 is 0 Å². The van der Waals surface area contributed by atoms with Gasteiger partial charge in [-0.2, -0.15) is 0 Å². The van der Waals surface area contributed by atoms with Crippen LogP contribution in [0.5, 0.6) is 17.4 Å². The summed E-state index contributed by atoms with van der Waals surface area (Å²) in [5.74, 6) is 1.71. The first-order valence-electron chi connectivity index (χ1n) is 10.0. The van der Waals surface area contributed by atoms with Crippen LogP contribution in [-0.2, 0) is 25.8 Å². The Bertz CT molecular complexity index is 1110. The molecule has 2 aromatic carbocycles. The third-order valence-corrected chi connectivity index (χ3v) is 5.73. The van der Waals surface area contributed by atoms with Crippen LogP contribution < -0.4 is 4.74 Å². The van der Waals surface area contributed by atoms with E-state index >= 15 is 0 Å². The third kappa shape index (κ3) is 4.09. The van der Waals surface area contributed by atoms with Gasteiger partial charge in [0.25, 0.3) is 0 Å². The Kier molecular flexibility index (Phi) is 5.59. The van der Waals surface area contributed by atoms with E-state index in [2.05, 4.69) is 24.9 Å². The van der Waals surface area contributed by atoms with Crippen LogP contribution in [0, 0.1) is 11.5 Å². The summed E-state index contributed by atoms with van der Waals surface area (Å²) in [5.41, 5.74) is 1.60. The van der Waals surface area contributed by atoms with Gasteiger partial charge in [0.15, 0.2) is 0 Å². The minimum atomic E-state index is 0. The molecule has 0 amide bonds. The molecule has 1 N–H and O–H groups in total. The summed E-state index contributed by atoms with van der Waals surface area (Å²) in [5, 5.41) is 10.9. The van der Waals surface area contributed by atoms with Crippen molar-refractivity contribution in [1.82, 2.24) is 4.98 Å². The maximum Gasteiger partial charge on any atom is 0.217 e. The minimum absolute atomic E-state index is 0. The van der Waals surface area contributed by atoms with Crippen molar-refractivity contribution in [3.8, 4) is 17.4 Å². The van der Waals surface area contributed by atoms with E-state index in [1.807, 2.05) is 30.3 Å². The van der Waals surface area contributed by atoms with Gasteiger partial charge in [0.1, 0.15) is 23.3 Å². The molecule has 5 nitrogen and oxygen atoms in total. The van der Waals surface area contributed by atoms with Crippen LogP contribution in [0.3, 0.4) is 0 Å². The Balaban J connectivity index is 0.00000218. The van der Waals surface area contributed by atoms with Gasteiger partial charge < -0.3 is 14.6 Å². The van der Waals surface area contributed by atoms with Crippen LogP contribution in [0.2, 0.25) is 0 Å². The topological polar surface area (TPSA) is 63.9 Å². The number of hydrogen-bond donors (Lipinski definition) is 1. The smallest absolute Gasteiger partial charge is 0.217 e. The van der Waals surface area contributed by atoms with Gasteiger partial charge in [-0.05, 0) is 36.8 Å². The molecular formula is C24H23N2O3Pt-. The van der Waals surface area contributed by atoms with Crippen LogP contribution in [0.15, 0.2) is 53.5 Å². The van der Waals surface area contributed by atoms with Gasteiger partial charge in [-0.1, -0.05) is 37.6 Å². The molecule has 6 heteroatoms. The molecular weight excluding hydrogens is 559 g/mol. The molecule has 1 aliphatic carbocycles. The maximum absolute atomic E-state index is 10.0. The van der Waals surface area contributed by atoms with Crippen molar-refractivity contribution in [2.45, 2.75) is 45.3 Å². The third-order valence-electron chi connectivity index (χ3n) is 5.73. The Morgan fingerprint density at radius 2 is 1.97 bits per heavy atom. The average Bonchev–Trinajstić information content (AvgIpc) is 3.11. The number of hydrogen-bond acceptors (Lipinski definition) is 5. The van der Waals surface area contributed by atoms with Gasteiger partial charge in [-0.25, -0.2) is 4.98 Å². The number of aliphatic imine (C=N–C) groups is 1. The molecule has 0 unspecified atom stereocenters. The Hall–Kier alpha value is -2.39. The largest absolute Gasteiger partial charge is 0.515 e. The van der Waals surface area contributed by atoms with E-state index in [0.29, 0.717) is 28.5 Å². The number of aromatic hydroxyl groups is 1. The fraction of sp³-hybridized carbons (Fsp3) is 0.333. The predicted octanol–water partition coefficient (Wildman–Crippen LogP) is 5.25. The normalized spacial score (nSPS) is 21.9. The van der Waals surface area contributed by atoms with Gasteiger partial charge in [0, 0.05) is 38.3 Å². The second-order valence-corrected chi connectivity index (χ2v) is 8.59. The van der Waals surface area contributed by atoms with Crippen LogP contribution in [0.25, 0.3) is 10.9 Å². The Labute approximate surface area is 190 Å². The first-order valence-corrected chi connectivity index (χ1v) is 10.0. The van der Waals surface area contributed by atoms with Crippen molar-refractivity contribution < 1.29 is 35.6 Å². The molecule has 3 aromatic rings. The summed E-state index contributed by atoms with van der Waals surface area (Å²) in [4.78, 5) is 9.22. The molecule has 0 saturated heterocycles. The molecule has 2 atom stereocenters. The van der Waals surface area contributed by atoms with Crippen LogP contribution >= 0.6 is 0 Å². The van der Waals surface area contributed by atoms with Gasteiger partial charge in [-0.15, -0.1) is 18.2 Å². The number of benzene rings is 2. The number of para-hydroxylation sites is 1. The summed E-state index contributed by atoms with van der Waals surface area (Å²) in [6, 6.07) is 18.1. The van der Waals surface area contributed by atoms with E-state index in [9.17, 15) is 5.11 Å². The standard InChI is InChI=1S/C24H23N2O3.Pt/c1-24(2)12-11-18-20(14-24)29-23(25-18)16-6-3-7-17(13-16)28-21-10-9-15-5-4-8-19(27)22(15)26-21;/h3-10,18,20,27H,11-12,14H2,1-2H3;/q-1;/t18-,20-;/m0./s1. The Morgan fingerprint density at radius 3 is 2.83 bits per heavy atom. The van der Waals surface area contributed by atoms with Crippen molar-refractivity contribution in [2.24, 2.45) is 10.4 Å². The number of fused-ring (bicyclic) bond motifs is 2. The minimum Gasteiger partial charge on any atom is -0.515 e. The molecule has 0 radical (unpaired) electrons. The van der Waals surface area contributed by atoms with E-state index in [0.717, 1.165) is 23.8 Å². The molecule has 2 heterocycles. The monoisotopic (exact) mass is 582 g/mol. The molecule has 1 aromatic heterocycles. The summed E-state index contributed by atoms with van der Waals surface area (Å²) in [6.45, 7) is 4.58. The second-order valence-electron chi connectivity index (χ2n) is 8.59. The number of aromatic nitrogens is 1. The van der Waals surface area contributed by atoms with Crippen molar-refractivity contribution in [3.05, 3.63) is 60.2 Å². The average molecular weight is 583 g/mol. The molecule has 1 fully saturated rings. The number of pyridine rings is 1. The van der Waals surface area contributed by atoms with E-state index in [-0.39, 0.29) is 39.0 Å². The number of phenolic OH excluding ortho intramolecular Hbond substituents is 1. The second kappa shape index (κ2) is 8.03. The zero-order chi connectivity index (χ0) is 20.0. The molecule has 0 spiro atoms. The summed E-state index contributed by atoms with van der Waals surface area (Å²) in [6.07, 6.45) is 3.39. The SMILES string of the molecule is CC1(C)CC[C@@H]2N=C(c3[c-]c(Oc4ccc5cccc(O)c5n4)ccc3)O[C@H]2C1.[Pt]. The summed E-state index contributed by atoms with van der Waals surface area (Å²) < 4.78 is 12.1. The van der Waals surface area contributed by atoms with Crippen LogP contribution in [0.4, 0.5) is 0 Å². The van der Waals surface area contributed by atoms with E-state index < -0.39 is 0 Å². The molecule has 0 bridgehead atoms. The summed E-state index contributed by atoms with van der Waals surface area (Å²) >= 11 is 0. The Morgan fingerprint density at radius 1 is 1.13 bits per heavy atom. The van der Waals surface area contributed by atoms with E-state index in [1.54, 1.807) is 18.2 Å². The molecule has 2 aliphatic rings. The molecule has 1 aliphatic heterocycles. The zero-order valence-corrected chi connectivity index (χ0v) is 19.1. The quantitative estimate of drug-likeness (QED) is 0.429.